The number of nitrogens with zero attached hydrogens (tertiary/aromatic N) is 1. The second kappa shape index (κ2) is 15.0. The Hall–Kier alpha value is -0.860. The first kappa shape index (κ1) is 27.1. The highest BCUT2D eigenvalue weighted by molar-refractivity contribution is 14.0. The minimum atomic E-state index is -0.139. The number of guanidine groups is 1. The number of aliphatic imine (C=N–C) groups is 1. The number of rotatable bonds is 11. The Balaban J connectivity index is 0.00000729. The summed E-state index contributed by atoms with van der Waals surface area (Å²) in [5.41, 5.74) is 2.20. The van der Waals surface area contributed by atoms with Crippen molar-refractivity contribution in [1.29, 1.82) is 0 Å². The molecule has 0 radical (unpaired) electrons. The largest absolute Gasteiger partial charge is 0.396 e. The molecule has 6 heteroatoms. The third kappa shape index (κ3) is 12.6. The molecule has 0 aliphatic heterocycles. The van der Waals surface area contributed by atoms with E-state index in [9.17, 15) is 5.11 Å². The summed E-state index contributed by atoms with van der Waals surface area (Å²) in [5.74, 6) is 1.30. The van der Waals surface area contributed by atoms with Crippen molar-refractivity contribution in [3.63, 3.8) is 0 Å². The first-order valence-electron chi connectivity index (χ1n) is 10.2. The zero-order chi connectivity index (χ0) is 20.1. The van der Waals surface area contributed by atoms with Gasteiger partial charge in [0.25, 0.3) is 0 Å². The molecule has 0 aromatic heterocycles. The van der Waals surface area contributed by atoms with Crippen molar-refractivity contribution >= 4 is 29.9 Å². The molecule has 1 rings (SSSR count). The van der Waals surface area contributed by atoms with Crippen LogP contribution in [0.2, 0.25) is 0 Å². The highest BCUT2D eigenvalue weighted by Crippen LogP contribution is 2.14. The Bertz CT molecular complexity index is 553. The standard InChI is InChI=1S/C22H39N3O2.HI/c1-6-9-18(12-13-26)15-24-21(23-7-2)25-16-19-10-8-11-20(14-19)17-27-22(3,4)5;/h8,10-11,14,18,26H,6-7,9,12-13,15-17H2,1-5H3,(H2,23,24,25);1H. The van der Waals surface area contributed by atoms with Crippen molar-refractivity contribution < 1.29 is 9.84 Å². The third-order valence-corrected chi connectivity index (χ3v) is 4.22. The van der Waals surface area contributed by atoms with Gasteiger partial charge in [0, 0.05) is 19.7 Å². The number of halogens is 1. The summed E-state index contributed by atoms with van der Waals surface area (Å²) in [4.78, 5) is 4.72. The van der Waals surface area contributed by atoms with Gasteiger partial charge in [0.2, 0.25) is 0 Å². The molecule has 0 aliphatic carbocycles. The molecule has 162 valence electrons. The van der Waals surface area contributed by atoms with Crippen molar-refractivity contribution in [2.24, 2.45) is 10.9 Å². The molecule has 0 bridgehead atoms. The van der Waals surface area contributed by atoms with Crippen LogP contribution in [0.4, 0.5) is 0 Å². The predicted molar refractivity (Wildman–Crippen MR) is 129 cm³/mol. The lowest BCUT2D eigenvalue weighted by atomic mass is 10.0. The Morgan fingerprint density at radius 3 is 2.46 bits per heavy atom. The van der Waals surface area contributed by atoms with Crippen molar-refractivity contribution in [2.75, 3.05) is 19.7 Å². The minimum absolute atomic E-state index is 0. The number of nitrogens with one attached hydrogen (secondary N) is 2. The average molecular weight is 505 g/mol. The monoisotopic (exact) mass is 505 g/mol. The Kier molecular flexibility index (Phi) is 14.6. The quantitative estimate of drug-likeness (QED) is 0.236. The first-order valence-corrected chi connectivity index (χ1v) is 10.2. The van der Waals surface area contributed by atoms with Gasteiger partial charge in [0.1, 0.15) is 0 Å². The van der Waals surface area contributed by atoms with Crippen molar-refractivity contribution in [1.82, 2.24) is 10.6 Å². The van der Waals surface area contributed by atoms with Gasteiger partial charge in [0.15, 0.2) is 5.96 Å². The molecule has 1 atom stereocenters. The molecule has 3 N–H and O–H groups in total. The van der Waals surface area contributed by atoms with E-state index in [2.05, 4.69) is 69.5 Å². The maximum Gasteiger partial charge on any atom is 0.191 e. The summed E-state index contributed by atoms with van der Waals surface area (Å²) in [7, 11) is 0. The second-order valence-electron chi connectivity index (χ2n) is 7.96. The third-order valence-electron chi connectivity index (χ3n) is 4.22. The van der Waals surface area contributed by atoms with Crippen LogP contribution in [0.5, 0.6) is 0 Å². The minimum Gasteiger partial charge on any atom is -0.396 e. The zero-order valence-electron chi connectivity index (χ0n) is 18.3. The molecule has 0 heterocycles. The van der Waals surface area contributed by atoms with E-state index < -0.39 is 0 Å². The maximum absolute atomic E-state index is 9.22. The zero-order valence-corrected chi connectivity index (χ0v) is 20.6. The first-order chi connectivity index (χ1) is 12.9. The molecule has 5 nitrogen and oxygen atoms in total. The number of hydrogen-bond acceptors (Lipinski definition) is 3. The van der Waals surface area contributed by atoms with Gasteiger partial charge in [0.05, 0.1) is 18.8 Å². The summed E-state index contributed by atoms with van der Waals surface area (Å²) in [6, 6.07) is 8.40. The molecule has 0 amide bonds. The fourth-order valence-corrected chi connectivity index (χ4v) is 2.81. The molecule has 0 aliphatic rings. The highest BCUT2D eigenvalue weighted by Gasteiger charge is 2.10. The summed E-state index contributed by atoms with van der Waals surface area (Å²) in [5, 5.41) is 15.9. The fraction of sp³-hybridized carbons (Fsp3) is 0.682. The van der Waals surface area contributed by atoms with Crippen molar-refractivity contribution in [3.8, 4) is 0 Å². The van der Waals surface area contributed by atoms with Crippen LogP contribution in [0.15, 0.2) is 29.3 Å². The normalized spacial score (nSPS) is 13.0. The van der Waals surface area contributed by atoms with Gasteiger partial charge in [-0.2, -0.15) is 0 Å². The van der Waals surface area contributed by atoms with E-state index in [0.717, 1.165) is 38.3 Å². The molecule has 0 fully saturated rings. The predicted octanol–water partition coefficient (Wildman–Crippen LogP) is 4.47. The van der Waals surface area contributed by atoms with Gasteiger partial charge in [-0.05, 0) is 57.6 Å². The van der Waals surface area contributed by atoms with Crippen molar-refractivity contribution in [2.45, 2.75) is 72.6 Å². The van der Waals surface area contributed by atoms with E-state index in [4.69, 9.17) is 9.73 Å². The van der Waals surface area contributed by atoms with E-state index in [0.29, 0.717) is 19.1 Å². The fourth-order valence-electron chi connectivity index (χ4n) is 2.81. The van der Waals surface area contributed by atoms with E-state index >= 15 is 0 Å². The summed E-state index contributed by atoms with van der Waals surface area (Å²) in [6.07, 6.45) is 3.07. The smallest absolute Gasteiger partial charge is 0.191 e. The van der Waals surface area contributed by atoms with Gasteiger partial charge in [-0.25, -0.2) is 4.99 Å². The molecule has 0 saturated carbocycles. The van der Waals surface area contributed by atoms with Crippen LogP contribution in [0, 0.1) is 5.92 Å². The number of aliphatic hydroxyl groups is 1. The lowest BCUT2D eigenvalue weighted by molar-refractivity contribution is -0.0149. The van der Waals surface area contributed by atoms with Gasteiger partial charge in [-0.3, -0.25) is 0 Å². The lowest BCUT2D eigenvalue weighted by Crippen LogP contribution is -2.40. The molecule has 0 saturated heterocycles. The summed E-state index contributed by atoms with van der Waals surface area (Å²) in [6.45, 7) is 13.6. The molecule has 28 heavy (non-hydrogen) atoms. The number of hydrogen-bond donors (Lipinski definition) is 3. The van der Waals surface area contributed by atoms with Crippen LogP contribution in [0.25, 0.3) is 0 Å². The Morgan fingerprint density at radius 1 is 1.14 bits per heavy atom. The number of benzene rings is 1. The van der Waals surface area contributed by atoms with Crippen LogP contribution >= 0.6 is 24.0 Å². The summed E-state index contributed by atoms with van der Waals surface area (Å²) >= 11 is 0. The highest BCUT2D eigenvalue weighted by atomic mass is 127. The van der Waals surface area contributed by atoms with E-state index in [1.54, 1.807) is 0 Å². The van der Waals surface area contributed by atoms with E-state index in [1.165, 1.54) is 11.1 Å². The molecular weight excluding hydrogens is 465 g/mol. The Labute approximate surface area is 188 Å². The maximum atomic E-state index is 9.22. The topological polar surface area (TPSA) is 65.9 Å². The van der Waals surface area contributed by atoms with Crippen LogP contribution < -0.4 is 10.6 Å². The van der Waals surface area contributed by atoms with Gasteiger partial charge in [-0.1, -0.05) is 37.6 Å². The molecular formula is C22H40IN3O2. The lowest BCUT2D eigenvalue weighted by Gasteiger charge is -2.19. The molecule has 0 spiro atoms. The molecule has 1 aromatic carbocycles. The Morgan fingerprint density at radius 2 is 1.86 bits per heavy atom. The number of ether oxygens (including phenoxy) is 1. The van der Waals surface area contributed by atoms with Gasteiger partial charge >= 0.3 is 0 Å². The van der Waals surface area contributed by atoms with Crippen LogP contribution in [0.3, 0.4) is 0 Å². The SMILES string of the molecule is CCCC(CCO)CNC(=NCc1cccc(COC(C)(C)C)c1)NCC.I. The van der Waals surface area contributed by atoms with Gasteiger partial charge in [-0.15, -0.1) is 24.0 Å². The van der Waals surface area contributed by atoms with E-state index in [-0.39, 0.29) is 36.2 Å². The van der Waals surface area contributed by atoms with Crippen molar-refractivity contribution in [3.05, 3.63) is 35.4 Å². The second-order valence-corrected chi connectivity index (χ2v) is 7.96. The molecule has 1 aromatic rings. The average Bonchev–Trinajstić information content (AvgIpc) is 2.62. The van der Waals surface area contributed by atoms with Crippen LogP contribution in [-0.2, 0) is 17.9 Å². The van der Waals surface area contributed by atoms with Crippen LogP contribution in [-0.4, -0.2) is 36.4 Å². The molecule has 1 unspecified atom stereocenters. The summed E-state index contributed by atoms with van der Waals surface area (Å²) < 4.78 is 5.86. The van der Waals surface area contributed by atoms with E-state index in [1.807, 2.05) is 0 Å². The number of aliphatic hydroxyl groups excluding tert-OH is 1. The van der Waals surface area contributed by atoms with Crippen LogP contribution in [0.1, 0.15) is 65.0 Å². The van der Waals surface area contributed by atoms with Gasteiger partial charge < -0.3 is 20.5 Å².